The fourth-order valence-corrected chi connectivity index (χ4v) is 4.46. The Hall–Kier alpha value is -4.87. The molecule has 0 aromatic heterocycles. The zero-order valence-corrected chi connectivity index (χ0v) is 22.1. The summed E-state index contributed by atoms with van der Waals surface area (Å²) in [7, 11) is 2.64. The van der Waals surface area contributed by atoms with Crippen LogP contribution >= 0.6 is 0 Å². The quantitative estimate of drug-likeness (QED) is 0.406. The van der Waals surface area contributed by atoms with E-state index in [2.05, 4.69) is 0 Å². The van der Waals surface area contributed by atoms with Crippen LogP contribution in [-0.4, -0.2) is 55.0 Å². The number of carbonyl (C=O) groups is 4. The molecular weight excluding hydrogens is 543 g/mol. The zero-order valence-electron chi connectivity index (χ0n) is 22.1. The summed E-state index contributed by atoms with van der Waals surface area (Å²) in [6.45, 7) is -0.157. The molecule has 1 N–H and O–H groups in total. The van der Waals surface area contributed by atoms with Crippen molar-refractivity contribution in [2.45, 2.75) is 31.7 Å². The number of nitrogens with zero attached hydrogens (tertiary/aromatic N) is 2. The summed E-state index contributed by atoms with van der Waals surface area (Å²) in [5, 5.41) is 1.77. The number of ether oxygens (including phenoxy) is 2. The highest BCUT2D eigenvalue weighted by Gasteiger charge is 2.42. The lowest BCUT2D eigenvalue weighted by Crippen LogP contribution is -2.49. The molecule has 0 saturated heterocycles. The Morgan fingerprint density at radius 2 is 1.61 bits per heavy atom. The Balaban J connectivity index is 1.85. The maximum atomic E-state index is 14.2. The highest BCUT2D eigenvalue weighted by Crippen LogP contribution is 2.34. The molecule has 214 valence electrons. The lowest BCUT2D eigenvalue weighted by molar-refractivity contribution is -0.167. The molecule has 3 aromatic rings. The van der Waals surface area contributed by atoms with E-state index in [1.165, 1.54) is 23.0 Å². The number of methoxy groups -OCH3 is 2. The first kappa shape index (κ1) is 29.1. The Morgan fingerprint density at radius 1 is 0.902 bits per heavy atom. The molecule has 12 heteroatoms. The van der Waals surface area contributed by atoms with Crippen LogP contribution < -0.4 is 15.0 Å². The average molecular weight is 570 g/mol. The molecular formula is C29H26F3N3O6. The maximum Gasteiger partial charge on any atom is 0.471 e. The van der Waals surface area contributed by atoms with Gasteiger partial charge in [-0.2, -0.15) is 13.2 Å². The predicted octanol–water partition coefficient (Wildman–Crippen LogP) is 4.32. The molecule has 4 rings (SSSR count). The minimum Gasteiger partial charge on any atom is -0.497 e. The Labute approximate surface area is 233 Å². The Kier molecular flexibility index (Phi) is 8.60. The topological polar surface area (TPSA) is 105 Å². The molecule has 0 fully saturated rings. The summed E-state index contributed by atoms with van der Waals surface area (Å²) in [5.41, 5.74) is 0.964. The van der Waals surface area contributed by atoms with Gasteiger partial charge in [0.15, 0.2) is 0 Å². The van der Waals surface area contributed by atoms with E-state index in [0.717, 1.165) is 19.2 Å². The predicted molar refractivity (Wildman–Crippen MR) is 142 cm³/mol. The van der Waals surface area contributed by atoms with Gasteiger partial charge in [-0.3, -0.25) is 19.2 Å². The number of halogens is 3. The van der Waals surface area contributed by atoms with Crippen molar-refractivity contribution in [2.24, 2.45) is 0 Å². The van der Waals surface area contributed by atoms with Crippen molar-refractivity contribution < 1.29 is 41.8 Å². The van der Waals surface area contributed by atoms with Gasteiger partial charge in [0.05, 0.1) is 38.4 Å². The van der Waals surface area contributed by atoms with Crippen LogP contribution in [0, 0.1) is 0 Å². The molecule has 1 heterocycles. The average Bonchev–Trinajstić information content (AvgIpc) is 3.03. The van der Waals surface area contributed by atoms with Gasteiger partial charge in [0.2, 0.25) is 0 Å². The fraction of sp³-hybridized carbons (Fsp3) is 0.241. The molecule has 1 atom stereocenters. The summed E-state index contributed by atoms with van der Waals surface area (Å²) in [6.07, 6.45) is -5.62. The van der Waals surface area contributed by atoms with Crippen molar-refractivity contribution in [3.63, 3.8) is 0 Å². The van der Waals surface area contributed by atoms with E-state index in [1.807, 2.05) is 0 Å². The molecule has 0 bridgehead atoms. The van der Waals surface area contributed by atoms with Crippen LogP contribution in [0.25, 0.3) is 0 Å². The molecule has 9 nitrogen and oxygen atoms in total. The smallest absolute Gasteiger partial charge is 0.471 e. The number of carbonyl (C=O) groups excluding carboxylic acids is 4. The van der Waals surface area contributed by atoms with Crippen LogP contribution in [0.2, 0.25) is 0 Å². The van der Waals surface area contributed by atoms with Crippen LogP contribution in [-0.2, 0) is 32.2 Å². The first-order valence-corrected chi connectivity index (χ1v) is 12.4. The van der Waals surface area contributed by atoms with Crippen LogP contribution in [0.3, 0.4) is 0 Å². The van der Waals surface area contributed by atoms with Crippen LogP contribution in [0.15, 0.2) is 72.8 Å². The number of benzene rings is 3. The highest BCUT2D eigenvalue weighted by molar-refractivity contribution is 6.12. The maximum absolute atomic E-state index is 14.2. The second kappa shape index (κ2) is 12.1. The number of amides is 3. The normalized spacial score (nSPS) is 15.2. The van der Waals surface area contributed by atoms with Crippen molar-refractivity contribution in [1.29, 1.82) is 0 Å². The number of anilines is 2. The molecule has 0 spiro atoms. The first-order valence-electron chi connectivity index (χ1n) is 12.4. The van der Waals surface area contributed by atoms with Gasteiger partial charge in [0.1, 0.15) is 11.8 Å². The van der Waals surface area contributed by atoms with E-state index in [-0.39, 0.29) is 30.0 Å². The Bertz CT molecular complexity index is 1460. The van der Waals surface area contributed by atoms with Crippen molar-refractivity contribution in [3.8, 4) is 5.75 Å². The molecule has 0 unspecified atom stereocenters. The van der Waals surface area contributed by atoms with E-state index < -0.39 is 42.3 Å². The molecule has 1 aliphatic rings. The molecule has 3 aromatic carbocycles. The summed E-state index contributed by atoms with van der Waals surface area (Å²) in [4.78, 5) is 54.7. The van der Waals surface area contributed by atoms with Gasteiger partial charge in [-0.1, -0.05) is 42.5 Å². The lowest BCUT2D eigenvalue weighted by Gasteiger charge is -2.30. The van der Waals surface area contributed by atoms with Gasteiger partial charge in [-0.25, -0.2) is 0 Å². The van der Waals surface area contributed by atoms with Gasteiger partial charge in [0.25, 0.3) is 11.8 Å². The van der Waals surface area contributed by atoms with Crippen molar-refractivity contribution in [1.82, 2.24) is 4.90 Å². The Morgan fingerprint density at radius 3 is 2.27 bits per heavy atom. The number of hydrogen-bond donors (Lipinski definition) is 1. The number of fused-ring (bicyclic) bond motifs is 1. The lowest BCUT2D eigenvalue weighted by atomic mass is 10.1. The zero-order chi connectivity index (χ0) is 29.7. The van der Waals surface area contributed by atoms with E-state index >= 15 is 0 Å². The SMILES string of the molecule is COC(=O)C[C@H]1C(=O)N(Cc2ccccc2)c2cc(NC(=O)C(F)(F)F)ccc2C(=O)N1Cc1cccc(OC)c1. The molecule has 0 radical (unpaired) electrons. The summed E-state index contributed by atoms with van der Waals surface area (Å²) in [5.74, 6) is -3.74. The van der Waals surface area contributed by atoms with Gasteiger partial charge in [-0.05, 0) is 41.5 Å². The van der Waals surface area contributed by atoms with Crippen molar-refractivity contribution >= 4 is 35.1 Å². The number of rotatable bonds is 8. The van der Waals surface area contributed by atoms with Crippen LogP contribution in [0.5, 0.6) is 5.75 Å². The van der Waals surface area contributed by atoms with Gasteiger partial charge < -0.3 is 24.6 Å². The summed E-state index contributed by atoms with van der Waals surface area (Å²) >= 11 is 0. The molecule has 1 aliphatic heterocycles. The van der Waals surface area contributed by atoms with Crippen molar-refractivity contribution in [3.05, 3.63) is 89.5 Å². The largest absolute Gasteiger partial charge is 0.497 e. The van der Waals surface area contributed by atoms with Gasteiger partial charge in [-0.15, -0.1) is 0 Å². The third-order valence-corrected chi connectivity index (χ3v) is 6.48. The van der Waals surface area contributed by atoms with Crippen molar-refractivity contribution in [2.75, 3.05) is 24.4 Å². The number of alkyl halides is 3. The van der Waals surface area contributed by atoms with Crippen LogP contribution in [0.1, 0.15) is 27.9 Å². The molecule has 41 heavy (non-hydrogen) atoms. The number of esters is 1. The monoisotopic (exact) mass is 569 g/mol. The molecule has 0 saturated carbocycles. The highest BCUT2D eigenvalue weighted by atomic mass is 19.4. The van der Waals surface area contributed by atoms with Gasteiger partial charge in [0, 0.05) is 12.2 Å². The fourth-order valence-electron chi connectivity index (χ4n) is 4.46. The standard InChI is InChI=1S/C29H26F3N3O6/c1-40-21-10-6-9-19(13-21)17-35-24(15-25(36)41-2)27(38)34(16-18-7-4-3-5-8-18)23-14-20(11-12-22(23)26(35)37)33-28(39)29(30,31)32/h3-14,24H,15-17H2,1-2H3,(H,33,39)/t24-/m0/s1. The third kappa shape index (κ3) is 6.65. The van der Waals surface area contributed by atoms with E-state index in [1.54, 1.807) is 59.9 Å². The molecule has 0 aliphatic carbocycles. The molecule has 3 amide bonds. The van der Waals surface area contributed by atoms with E-state index in [9.17, 15) is 32.3 Å². The summed E-state index contributed by atoms with van der Waals surface area (Å²) < 4.78 is 48.9. The minimum absolute atomic E-state index is 0.00505. The number of nitrogens with one attached hydrogen (secondary N) is 1. The summed E-state index contributed by atoms with van der Waals surface area (Å²) in [6, 6.07) is 17.8. The van der Waals surface area contributed by atoms with E-state index in [0.29, 0.717) is 16.9 Å². The van der Waals surface area contributed by atoms with Gasteiger partial charge >= 0.3 is 18.1 Å². The first-order chi connectivity index (χ1) is 19.5. The minimum atomic E-state index is -5.15. The number of hydrogen-bond acceptors (Lipinski definition) is 6. The second-order valence-electron chi connectivity index (χ2n) is 9.17. The third-order valence-electron chi connectivity index (χ3n) is 6.48. The second-order valence-corrected chi connectivity index (χ2v) is 9.17. The van der Waals surface area contributed by atoms with Crippen LogP contribution in [0.4, 0.5) is 24.5 Å². The van der Waals surface area contributed by atoms with E-state index in [4.69, 9.17) is 9.47 Å².